The van der Waals surface area contributed by atoms with Gasteiger partial charge in [-0.2, -0.15) is 0 Å². The maximum absolute atomic E-state index is 12.9. The average Bonchev–Trinajstić information content (AvgIpc) is 2.57. The van der Waals surface area contributed by atoms with E-state index in [0.29, 0.717) is 5.56 Å². The number of halogens is 1. The number of hydrogen-bond acceptors (Lipinski definition) is 3. The highest BCUT2D eigenvalue weighted by Gasteiger charge is 2.54. The van der Waals surface area contributed by atoms with Gasteiger partial charge >= 0.3 is 7.12 Å². The highest BCUT2D eigenvalue weighted by atomic mass is 19.1. The summed E-state index contributed by atoms with van der Waals surface area (Å²) in [5.74, 6) is -0.908. The lowest BCUT2D eigenvalue weighted by Crippen LogP contribution is -2.41. The van der Waals surface area contributed by atoms with Crippen LogP contribution >= 0.6 is 0 Å². The molecule has 1 atom stereocenters. The first-order chi connectivity index (χ1) is 9.14. The number of carbonyl (C=O) groups is 1. The van der Waals surface area contributed by atoms with Gasteiger partial charge in [0.2, 0.25) is 0 Å². The van der Waals surface area contributed by atoms with Gasteiger partial charge in [-0.1, -0.05) is 6.92 Å². The lowest BCUT2D eigenvalue weighted by Gasteiger charge is -2.32. The van der Waals surface area contributed by atoms with Crippen molar-refractivity contribution >= 4 is 12.9 Å². The van der Waals surface area contributed by atoms with Gasteiger partial charge in [0, 0.05) is 5.56 Å². The topological polar surface area (TPSA) is 35.5 Å². The molecule has 0 bridgehead atoms. The lowest BCUT2D eigenvalue weighted by molar-refractivity contribution is 0.00578. The van der Waals surface area contributed by atoms with Crippen LogP contribution in [0.25, 0.3) is 0 Å². The molecule has 5 heteroatoms. The Morgan fingerprint density at radius 2 is 1.55 bits per heavy atom. The van der Waals surface area contributed by atoms with E-state index in [-0.39, 0.29) is 11.6 Å². The number of hydrogen-bond donors (Lipinski definition) is 0. The van der Waals surface area contributed by atoms with Crippen LogP contribution in [0.2, 0.25) is 5.82 Å². The van der Waals surface area contributed by atoms with Crippen LogP contribution in [0.15, 0.2) is 24.3 Å². The molecule has 0 unspecified atom stereocenters. The summed E-state index contributed by atoms with van der Waals surface area (Å²) in [4.78, 5) is 12.4. The Morgan fingerprint density at radius 3 is 2.00 bits per heavy atom. The van der Waals surface area contributed by atoms with E-state index in [1.165, 1.54) is 24.3 Å². The lowest BCUT2D eigenvalue weighted by atomic mass is 9.69. The second-order valence-corrected chi connectivity index (χ2v) is 6.28. The summed E-state index contributed by atoms with van der Waals surface area (Å²) >= 11 is 0. The fraction of sp³-hybridized carbons (Fsp3) is 0.533. The average molecular weight is 278 g/mol. The van der Waals surface area contributed by atoms with Crippen molar-refractivity contribution in [3.05, 3.63) is 35.6 Å². The standard InChI is InChI=1S/C15H20BFO3/c1-10(13(18)11-6-8-12(17)9-7-11)16-19-14(2,3)15(4,5)20-16/h6-10H,1-5H3/t10-/m0/s1. The van der Waals surface area contributed by atoms with Crippen molar-refractivity contribution in [1.82, 2.24) is 0 Å². The zero-order valence-corrected chi connectivity index (χ0v) is 12.6. The zero-order valence-electron chi connectivity index (χ0n) is 12.6. The predicted octanol–water partition coefficient (Wildman–Crippen LogP) is 3.49. The van der Waals surface area contributed by atoms with Crippen molar-refractivity contribution in [2.45, 2.75) is 51.6 Å². The number of carbonyl (C=O) groups excluding carboxylic acids is 1. The van der Waals surface area contributed by atoms with Gasteiger partial charge < -0.3 is 9.31 Å². The fourth-order valence-corrected chi connectivity index (χ4v) is 2.09. The number of Topliss-reactive ketones (excluding diaryl/α,β-unsaturated/α-hetero) is 1. The van der Waals surface area contributed by atoms with Gasteiger partial charge in [-0.25, -0.2) is 4.39 Å². The third-order valence-corrected chi connectivity index (χ3v) is 4.22. The second-order valence-electron chi connectivity index (χ2n) is 6.28. The Hall–Kier alpha value is -1.20. The Bertz CT molecular complexity index is 494. The van der Waals surface area contributed by atoms with Crippen LogP contribution in [0, 0.1) is 5.82 Å². The van der Waals surface area contributed by atoms with Crippen molar-refractivity contribution in [2.24, 2.45) is 0 Å². The van der Waals surface area contributed by atoms with E-state index < -0.39 is 24.1 Å². The first-order valence-electron chi connectivity index (χ1n) is 6.79. The summed E-state index contributed by atoms with van der Waals surface area (Å²) in [6, 6.07) is 5.53. The van der Waals surface area contributed by atoms with Crippen molar-refractivity contribution in [1.29, 1.82) is 0 Å². The summed E-state index contributed by atoms with van der Waals surface area (Å²) in [5, 5.41) is 0. The molecule has 0 aromatic heterocycles. The van der Waals surface area contributed by atoms with Crippen molar-refractivity contribution < 1.29 is 18.5 Å². The van der Waals surface area contributed by atoms with Gasteiger partial charge in [-0.3, -0.25) is 4.79 Å². The van der Waals surface area contributed by atoms with E-state index in [2.05, 4.69) is 0 Å². The minimum Gasteiger partial charge on any atom is -0.403 e. The maximum Gasteiger partial charge on any atom is 0.469 e. The second kappa shape index (κ2) is 4.97. The molecule has 0 saturated carbocycles. The minimum absolute atomic E-state index is 0.108. The molecule has 0 radical (unpaired) electrons. The van der Waals surface area contributed by atoms with Crippen molar-refractivity contribution in [2.75, 3.05) is 0 Å². The smallest absolute Gasteiger partial charge is 0.403 e. The van der Waals surface area contributed by atoms with Gasteiger partial charge in [0.15, 0.2) is 5.78 Å². The molecular weight excluding hydrogens is 258 g/mol. The Morgan fingerprint density at radius 1 is 1.10 bits per heavy atom. The van der Waals surface area contributed by atoms with E-state index in [1.807, 2.05) is 27.7 Å². The Balaban J connectivity index is 2.15. The van der Waals surface area contributed by atoms with E-state index in [0.717, 1.165) is 0 Å². The number of benzene rings is 1. The third-order valence-electron chi connectivity index (χ3n) is 4.22. The predicted molar refractivity (Wildman–Crippen MR) is 76.2 cm³/mol. The van der Waals surface area contributed by atoms with Crippen LogP contribution in [-0.4, -0.2) is 24.1 Å². The van der Waals surface area contributed by atoms with Crippen LogP contribution in [-0.2, 0) is 9.31 Å². The molecule has 0 aliphatic carbocycles. The molecule has 3 nitrogen and oxygen atoms in total. The van der Waals surface area contributed by atoms with Crippen LogP contribution in [0.5, 0.6) is 0 Å². The normalized spacial score (nSPS) is 21.8. The molecule has 1 aliphatic rings. The highest BCUT2D eigenvalue weighted by Crippen LogP contribution is 2.40. The molecule has 1 heterocycles. The van der Waals surface area contributed by atoms with Crippen molar-refractivity contribution in [3.63, 3.8) is 0 Å². The van der Waals surface area contributed by atoms with Gasteiger partial charge in [-0.05, 0) is 52.0 Å². The van der Waals surface area contributed by atoms with E-state index in [1.54, 1.807) is 6.92 Å². The third kappa shape index (κ3) is 2.65. The molecule has 0 spiro atoms. The molecular formula is C15H20BFO3. The summed E-state index contributed by atoms with van der Waals surface area (Å²) in [6.07, 6.45) is 0. The summed E-state index contributed by atoms with van der Waals surface area (Å²) in [7, 11) is -0.586. The molecule has 0 N–H and O–H groups in total. The monoisotopic (exact) mass is 278 g/mol. The first-order valence-corrected chi connectivity index (χ1v) is 6.79. The summed E-state index contributed by atoms with van der Waals surface area (Å²) in [6.45, 7) is 9.56. The van der Waals surface area contributed by atoms with Crippen LogP contribution in [0.1, 0.15) is 45.0 Å². The van der Waals surface area contributed by atoms with Crippen molar-refractivity contribution in [3.8, 4) is 0 Å². The van der Waals surface area contributed by atoms with Crippen LogP contribution in [0.3, 0.4) is 0 Å². The minimum atomic E-state index is -0.586. The quantitative estimate of drug-likeness (QED) is 0.627. The Kier molecular flexibility index (Phi) is 3.78. The zero-order chi connectivity index (χ0) is 15.1. The molecule has 108 valence electrons. The van der Waals surface area contributed by atoms with Crippen LogP contribution < -0.4 is 0 Å². The molecule has 1 aromatic rings. The largest absolute Gasteiger partial charge is 0.469 e. The van der Waals surface area contributed by atoms with E-state index in [4.69, 9.17) is 9.31 Å². The highest BCUT2D eigenvalue weighted by molar-refractivity contribution is 6.53. The van der Waals surface area contributed by atoms with Gasteiger partial charge in [0.05, 0.1) is 17.0 Å². The van der Waals surface area contributed by atoms with Crippen LogP contribution in [0.4, 0.5) is 4.39 Å². The summed E-state index contributed by atoms with van der Waals surface area (Å²) in [5.41, 5.74) is -0.460. The molecule has 0 amide bonds. The van der Waals surface area contributed by atoms with Gasteiger partial charge in [-0.15, -0.1) is 0 Å². The summed E-state index contributed by atoms with van der Waals surface area (Å²) < 4.78 is 24.6. The molecule has 1 aromatic carbocycles. The number of ketones is 1. The SMILES string of the molecule is C[C@H](B1OC(C)(C)C(C)(C)O1)C(=O)c1ccc(F)cc1. The Labute approximate surface area is 119 Å². The fourth-order valence-electron chi connectivity index (χ4n) is 2.09. The van der Waals surface area contributed by atoms with Gasteiger partial charge in [0.1, 0.15) is 5.82 Å². The first kappa shape index (κ1) is 15.2. The molecule has 20 heavy (non-hydrogen) atoms. The molecule has 1 aliphatic heterocycles. The molecule has 1 saturated heterocycles. The van der Waals surface area contributed by atoms with E-state index >= 15 is 0 Å². The van der Waals surface area contributed by atoms with E-state index in [9.17, 15) is 9.18 Å². The maximum atomic E-state index is 12.9. The molecule has 1 fully saturated rings. The molecule has 2 rings (SSSR count). The number of rotatable bonds is 3. The van der Waals surface area contributed by atoms with Gasteiger partial charge in [0.25, 0.3) is 0 Å².